The van der Waals surface area contributed by atoms with Crippen LogP contribution >= 0.6 is 11.3 Å². The molecule has 0 saturated carbocycles. The fourth-order valence-corrected chi connectivity index (χ4v) is 3.50. The number of aromatic nitrogens is 1. The van der Waals surface area contributed by atoms with Gasteiger partial charge in [0, 0.05) is 24.2 Å². The van der Waals surface area contributed by atoms with E-state index < -0.39 is 11.4 Å². The topological polar surface area (TPSA) is 79.6 Å². The van der Waals surface area contributed by atoms with E-state index >= 15 is 0 Å². The summed E-state index contributed by atoms with van der Waals surface area (Å²) in [6.07, 6.45) is 0.462. The van der Waals surface area contributed by atoms with Crippen molar-refractivity contribution in [3.8, 4) is 0 Å². The van der Waals surface area contributed by atoms with Crippen molar-refractivity contribution >= 4 is 23.2 Å². The molecule has 0 bridgehead atoms. The molecule has 1 aromatic rings. The van der Waals surface area contributed by atoms with Crippen molar-refractivity contribution in [1.82, 2.24) is 9.47 Å². The van der Waals surface area contributed by atoms with Crippen LogP contribution in [0.2, 0.25) is 0 Å². The van der Waals surface area contributed by atoms with Crippen molar-refractivity contribution in [1.29, 1.82) is 0 Å². The zero-order valence-electron chi connectivity index (χ0n) is 12.5. The average Bonchev–Trinajstić information content (AvgIpc) is 2.98. The number of carbonyl (C=O) groups excluding carboxylic acids is 1. The zero-order valence-corrected chi connectivity index (χ0v) is 13.3. The van der Waals surface area contributed by atoms with Gasteiger partial charge in [-0.15, -0.1) is 0 Å². The first-order valence-corrected chi connectivity index (χ1v) is 7.82. The van der Waals surface area contributed by atoms with Crippen LogP contribution in [0, 0.1) is 18.3 Å². The summed E-state index contributed by atoms with van der Waals surface area (Å²) >= 11 is 1.07. The number of hydrogen-bond donors (Lipinski definition) is 1. The van der Waals surface area contributed by atoms with Gasteiger partial charge in [0.15, 0.2) is 0 Å². The molecule has 7 heteroatoms. The molecule has 0 aliphatic carbocycles. The summed E-state index contributed by atoms with van der Waals surface area (Å²) in [4.78, 5) is 37.0. The summed E-state index contributed by atoms with van der Waals surface area (Å²) in [6, 6.07) is 0. The second-order valence-electron chi connectivity index (χ2n) is 5.91. The maximum atomic E-state index is 12.3. The third-order valence-corrected chi connectivity index (χ3v) is 5.34. The molecule has 0 spiro atoms. The van der Waals surface area contributed by atoms with Crippen molar-refractivity contribution in [2.75, 3.05) is 13.1 Å². The third-order valence-electron chi connectivity index (χ3n) is 4.45. The molecular weight excluding hydrogens is 292 g/mol. The number of rotatable bonds is 4. The molecule has 1 aliphatic heterocycles. The van der Waals surface area contributed by atoms with Crippen LogP contribution < -0.4 is 4.87 Å². The van der Waals surface area contributed by atoms with Gasteiger partial charge in [0.25, 0.3) is 0 Å². The molecule has 6 nitrogen and oxygen atoms in total. The van der Waals surface area contributed by atoms with Crippen LogP contribution in [-0.2, 0) is 16.1 Å². The van der Waals surface area contributed by atoms with E-state index in [1.54, 1.807) is 17.2 Å². The van der Waals surface area contributed by atoms with Gasteiger partial charge in [0.05, 0.1) is 5.41 Å². The van der Waals surface area contributed by atoms with Gasteiger partial charge in [0.2, 0.25) is 5.91 Å². The summed E-state index contributed by atoms with van der Waals surface area (Å²) in [7, 11) is 0. The minimum Gasteiger partial charge on any atom is -0.481 e. The highest BCUT2D eigenvalue weighted by atomic mass is 32.1. The zero-order chi connectivity index (χ0) is 15.8. The van der Waals surface area contributed by atoms with Gasteiger partial charge in [-0.1, -0.05) is 25.2 Å². The number of thiazole rings is 1. The van der Waals surface area contributed by atoms with E-state index in [9.17, 15) is 19.5 Å². The fraction of sp³-hybridized carbons (Fsp3) is 0.643. The normalized spacial score (nSPS) is 22.0. The number of carboxylic acid groups (broad SMARTS) is 1. The van der Waals surface area contributed by atoms with Gasteiger partial charge in [-0.2, -0.15) is 0 Å². The lowest BCUT2D eigenvalue weighted by Crippen LogP contribution is -2.41. The summed E-state index contributed by atoms with van der Waals surface area (Å²) in [5.41, 5.74) is -0.115. The summed E-state index contributed by atoms with van der Waals surface area (Å²) in [5.74, 6) is -1.09. The number of aliphatic carboxylic acids is 1. The van der Waals surface area contributed by atoms with Crippen molar-refractivity contribution in [3.05, 3.63) is 20.7 Å². The highest BCUT2D eigenvalue weighted by Gasteiger charge is 2.48. The Morgan fingerprint density at radius 2 is 2.14 bits per heavy atom. The molecule has 1 saturated heterocycles. The lowest BCUT2D eigenvalue weighted by Gasteiger charge is -2.28. The lowest BCUT2D eigenvalue weighted by atomic mass is 9.76. The van der Waals surface area contributed by atoms with E-state index in [0.717, 1.165) is 17.0 Å². The highest BCUT2D eigenvalue weighted by Crippen LogP contribution is 2.38. The number of likely N-dealkylation sites (tertiary alicyclic amines) is 1. The Morgan fingerprint density at radius 1 is 1.48 bits per heavy atom. The maximum Gasteiger partial charge on any atom is 0.311 e. The smallest absolute Gasteiger partial charge is 0.311 e. The van der Waals surface area contributed by atoms with Crippen LogP contribution in [0.1, 0.15) is 26.0 Å². The van der Waals surface area contributed by atoms with Gasteiger partial charge in [-0.05, 0) is 19.3 Å². The van der Waals surface area contributed by atoms with Crippen LogP contribution in [0.25, 0.3) is 0 Å². The minimum atomic E-state index is -0.871. The summed E-state index contributed by atoms with van der Waals surface area (Å²) in [5, 5.41) is 11.2. The van der Waals surface area contributed by atoms with E-state index in [-0.39, 0.29) is 29.8 Å². The quantitative estimate of drug-likeness (QED) is 0.905. The Hall–Kier alpha value is -1.63. The number of carbonyl (C=O) groups is 2. The second-order valence-corrected chi connectivity index (χ2v) is 6.73. The largest absolute Gasteiger partial charge is 0.481 e. The van der Waals surface area contributed by atoms with Crippen LogP contribution in [0.15, 0.2) is 10.2 Å². The molecule has 21 heavy (non-hydrogen) atoms. The summed E-state index contributed by atoms with van der Waals surface area (Å²) < 4.78 is 1.43. The van der Waals surface area contributed by atoms with E-state index in [4.69, 9.17) is 0 Å². The number of aryl methyl sites for hydroxylation is 1. The van der Waals surface area contributed by atoms with Gasteiger partial charge >= 0.3 is 10.8 Å². The summed E-state index contributed by atoms with van der Waals surface area (Å²) in [6.45, 7) is 6.16. The highest BCUT2D eigenvalue weighted by molar-refractivity contribution is 7.07. The van der Waals surface area contributed by atoms with E-state index in [0.29, 0.717) is 13.0 Å². The van der Waals surface area contributed by atoms with Crippen LogP contribution in [-0.4, -0.2) is 39.5 Å². The standard InChI is InChI=1S/C14H20N2O4S/c1-9(2)14(12(18)19)4-5-15(8-14)11(17)6-16-10(3)7-21-13(16)20/h7,9H,4-6,8H2,1-3H3,(H,18,19). The minimum absolute atomic E-state index is 0.0119. The lowest BCUT2D eigenvalue weighted by molar-refractivity contribution is -0.151. The van der Waals surface area contributed by atoms with E-state index in [1.165, 1.54) is 4.57 Å². The number of amides is 1. The molecule has 1 fully saturated rings. The Labute approximate surface area is 127 Å². The molecule has 1 unspecified atom stereocenters. The number of carboxylic acids is 1. The Bertz CT molecular complexity index is 619. The predicted octanol–water partition coefficient (Wildman–Crippen LogP) is 1.18. The molecule has 2 heterocycles. The molecular formula is C14H20N2O4S. The van der Waals surface area contributed by atoms with Gasteiger partial charge in [0.1, 0.15) is 6.54 Å². The molecule has 1 atom stereocenters. The van der Waals surface area contributed by atoms with Crippen molar-refractivity contribution in [2.45, 2.75) is 33.7 Å². The fourth-order valence-electron chi connectivity index (χ4n) is 2.77. The molecule has 116 valence electrons. The van der Waals surface area contributed by atoms with Crippen LogP contribution in [0.4, 0.5) is 0 Å². The van der Waals surface area contributed by atoms with Crippen molar-refractivity contribution in [3.63, 3.8) is 0 Å². The van der Waals surface area contributed by atoms with E-state index in [2.05, 4.69) is 0 Å². The maximum absolute atomic E-state index is 12.3. The molecule has 1 aromatic heterocycles. The SMILES string of the molecule is Cc1csc(=O)n1CC(=O)N1CCC(C(=O)O)(C(C)C)C1. The first-order valence-electron chi connectivity index (χ1n) is 6.94. The molecule has 1 N–H and O–H groups in total. The van der Waals surface area contributed by atoms with Gasteiger partial charge < -0.3 is 10.0 Å². The Kier molecular flexibility index (Phi) is 4.22. The predicted molar refractivity (Wildman–Crippen MR) is 79.4 cm³/mol. The Balaban J connectivity index is 2.13. The molecule has 1 aliphatic rings. The van der Waals surface area contributed by atoms with E-state index in [1.807, 2.05) is 13.8 Å². The van der Waals surface area contributed by atoms with Crippen LogP contribution in [0.5, 0.6) is 0 Å². The van der Waals surface area contributed by atoms with Crippen molar-refractivity contribution < 1.29 is 14.7 Å². The number of nitrogens with zero attached hydrogens (tertiary/aromatic N) is 2. The first-order chi connectivity index (χ1) is 9.78. The Morgan fingerprint density at radius 3 is 2.57 bits per heavy atom. The van der Waals surface area contributed by atoms with Gasteiger partial charge in [-0.25, -0.2) is 0 Å². The van der Waals surface area contributed by atoms with Crippen LogP contribution in [0.3, 0.4) is 0 Å². The first kappa shape index (κ1) is 15.8. The monoisotopic (exact) mass is 312 g/mol. The molecule has 2 rings (SSSR count). The third kappa shape index (κ3) is 2.74. The van der Waals surface area contributed by atoms with Gasteiger partial charge in [-0.3, -0.25) is 19.0 Å². The average molecular weight is 312 g/mol. The molecule has 1 amide bonds. The number of hydrogen-bond acceptors (Lipinski definition) is 4. The molecule has 0 radical (unpaired) electrons. The van der Waals surface area contributed by atoms with Crippen molar-refractivity contribution in [2.24, 2.45) is 11.3 Å². The second kappa shape index (κ2) is 5.63. The molecule has 0 aromatic carbocycles.